The van der Waals surface area contributed by atoms with Crippen molar-refractivity contribution in [1.82, 2.24) is 5.23 Å². The highest BCUT2D eigenvalue weighted by atomic mass is 32.2. The molecule has 0 amide bonds. The van der Waals surface area contributed by atoms with E-state index in [4.69, 9.17) is 4.65 Å². The van der Waals surface area contributed by atoms with Crippen LogP contribution in [0.2, 0.25) is 0 Å². The van der Waals surface area contributed by atoms with Gasteiger partial charge in [-0.1, -0.05) is 90.7 Å². The Morgan fingerprint density at radius 1 is 0.931 bits per heavy atom. The van der Waals surface area contributed by atoms with Crippen LogP contribution in [0, 0.1) is 0 Å². The molecular weight excluding hydrogens is 381 g/mol. The second kappa shape index (κ2) is 19.9. The molecule has 0 aromatic rings. The van der Waals surface area contributed by atoms with E-state index in [1.807, 2.05) is 6.08 Å². The van der Waals surface area contributed by atoms with Gasteiger partial charge in [0.05, 0.1) is 18.8 Å². The summed E-state index contributed by atoms with van der Waals surface area (Å²) < 4.78 is 5.20. The van der Waals surface area contributed by atoms with Gasteiger partial charge in [0.2, 0.25) is 0 Å². The largest absolute Gasteiger partial charge is 0.427 e. The summed E-state index contributed by atoms with van der Waals surface area (Å²) in [6, 6.07) is -0.423. The Morgan fingerprint density at radius 2 is 1.45 bits per heavy atom. The van der Waals surface area contributed by atoms with Crippen LogP contribution in [0.3, 0.4) is 0 Å². The van der Waals surface area contributed by atoms with Gasteiger partial charge in [-0.25, -0.2) is 0 Å². The number of nitrogens with one attached hydrogen (secondary N) is 1. The number of aliphatic hydroxyl groups is 2. The summed E-state index contributed by atoms with van der Waals surface area (Å²) in [5, 5.41) is 22.1. The lowest BCUT2D eigenvalue weighted by molar-refractivity contribution is 0.133. The van der Waals surface area contributed by atoms with Gasteiger partial charge in [0.1, 0.15) is 0 Å². The molecule has 0 aliphatic rings. The fraction of sp³-hybridized carbons (Fsp3) is 0.913. The lowest BCUT2D eigenvalue weighted by Crippen LogP contribution is -2.44. The normalized spacial score (nSPS) is 14.4. The van der Waals surface area contributed by atoms with Crippen LogP contribution in [0.4, 0.5) is 0 Å². The number of hydrogen-bond donors (Lipinski definition) is 3. The van der Waals surface area contributed by atoms with Crippen LogP contribution in [0.1, 0.15) is 97.8 Å². The van der Waals surface area contributed by atoms with Crippen molar-refractivity contribution < 1.29 is 14.9 Å². The van der Waals surface area contributed by atoms with Gasteiger partial charge in [0.25, 0.3) is 0 Å². The molecule has 0 fully saturated rings. The van der Waals surface area contributed by atoms with Crippen LogP contribution in [0.5, 0.6) is 0 Å². The molecule has 0 heterocycles. The molecule has 2 atom stereocenters. The van der Waals surface area contributed by atoms with Crippen LogP contribution in [-0.2, 0) is 4.65 Å². The summed E-state index contributed by atoms with van der Waals surface area (Å²) in [5.41, 5.74) is 0. The third-order valence-electron chi connectivity index (χ3n) is 4.89. The van der Waals surface area contributed by atoms with Crippen molar-refractivity contribution in [3.63, 3.8) is 0 Å². The van der Waals surface area contributed by atoms with Crippen LogP contribution in [0.15, 0.2) is 12.2 Å². The molecular formula is C23H47BNO3S. The van der Waals surface area contributed by atoms with E-state index >= 15 is 0 Å². The van der Waals surface area contributed by atoms with E-state index in [0.29, 0.717) is 4.75 Å². The number of thioether (sulfide) groups is 1. The van der Waals surface area contributed by atoms with E-state index in [1.54, 1.807) is 6.08 Å². The minimum Gasteiger partial charge on any atom is -0.427 e. The van der Waals surface area contributed by atoms with Crippen molar-refractivity contribution in [2.75, 3.05) is 19.5 Å². The Balaban J connectivity index is 3.37. The highest BCUT2D eigenvalue weighted by Gasteiger charge is 2.15. The SMILES string of the molecule is CO[B]N[C@@H](CO)[C@H](O)/C=C/CCCCCCCCCCCCCSC(C)(C)C. The highest BCUT2D eigenvalue weighted by molar-refractivity contribution is 8.00. The van der Waals surface area contributed by atoms with Crippen molar-refractivity contribution in [3.05, 3.63) is 12.2 Å². The molecule has 1 radical (unpaired) electrons. The van der Waals surface area contributed by atoms with Crippen LogP contribution in [0.25, 0.3) is 0 Å². The Labute approximate surface area is 185 Å². The maximum absolute atomic E-state index is 9.99. The van der Waals surface area contributed by atoms with Gasteiger partial charge >= 0.3 is 7.62 Å². The first-order valence-corrected chi connectivity index (χ1v) is 12.6. The van der Waals surface area contributed by atoms with Gasteiger partial charge in [0, 0.05) is 11.9 Å². The van der Waals surface area contributed by atoms with E-state index in [-0.39, 0.29) is 6.61 Å². The fourth-order valence-electron chi connectivity index (χ4n) is 3.12. The summed E-state index contributed by atoms with van der Waals surface area (Å²) in [7, 11) is 2.91. The highest BCUT2D eigenvalue weighted by Crippen LogP contribution is 2.24. The maximum Gasteiger partial charge on any atom is 0.395 e. The predicted molar refractivity (Wildman–Crippen MR) is 130 cm³/mol. The lowest BCUT2D eigenvalue weighted by Gasteiger charge is -2.18. The summed E-state index contributed by atoms with van der Waals surface area (Å²) in [6.07, 6.45) is 18.9. The molecule has 0 aliphatic carbocycles. The first-order valence-electron chi connectivity index (χ1n) is 11.6. The van der Waals surface area contributed by atoms with E-state index < -0.39 is 12.1 Å². The van der Waals surface area contributed by atoms with Gasteiger partial charge in [-0.05, 0) is 25.0 Å². The van der Waals surface area contributed by atoms with E-state index in [2.05, 4.69) is 37.8 Å². The van der Waals surface area contributed by atoms with Crippen molar-refractivity contribution in [1.29, 1.82) is 0 Å². The average Bonchev–Trinajstić information content (AvgIpc) is 2.67. The monoisotopic (exact) mass is 428 g/mol. The second-order valence-electron chi connectivity index (χ2n) is 8.87. The first-order chi connectivity index (χ1) is 13.9. The maximum atomic E-state index is 9.99. The fourth-order valence-corrected chi connectivity index (χ4v) is 4.08. The van der Waals surface area contributed by atoms with E-state index in [0.717, 1.165) is 12.8 Å². The summed E-state index contributed by atoms with van der Waals surface area (Å²) in [6.45, 7) is 6.76. The van der Waals surface area contributed by atoms with Gasteiger partial charge < -0.3 is 20.1 Å². The molecule has 0 bridgehead atoms. The van der Waals surface area contributed by atoms with Crippen molar-refractivity contribution >= 4 is 19.4 Å². The molecule has 6 heteroatoms. The molecule has 4 nitrogen and oxygen atoms in total. The number of aliphatic hydroxyl groups excluding tert-OH is 2. The zero-order chi connectivity index (χ0) is 21.8. The molecule has 0 rings (SSSR count). The minimum absolute atomic E-state index is 0.137. The van der Waals surface area contributed by atoms with Gasteiger partial charge in [-0.15, -0.1) is 0 Å². The lowest BCUT2D eigenvalue weighted by atomic mass is 10.0. The minimum atomic E-state index is -0.705. The Bertz CT molecular complexity index is 378. The topological polar surface area (TPSA) is 61.7 Å². The summed E-state index contributed by atoms with van der Waals surface area (Å²) in [5.74, 6) is 1.31. The second-order valence-corrected chi connectivity index (χ2v) is 10.8. The van der Waals surface area contributed by atoms with Crippen molar-refractivity contribution in [2.24, 2.45) is 0 Å². The molecule has 0 spiro atoms. The molecule has 171 valence electrons. The van der Waals surface area contributed by atoms with Crippen LogP contribution >= 0.6 is 11.8 Å². The van der Waals surface area contributed by atoms with E-state index in [9.17, 15) is 10.2 Å². The standard InChI is InChI=1S/C23H47BNO3S/c1-23(2,3)29-19-17-15-13-11-9-7-5-6-8-10-12-14-16-18-22(27)21(20-26)25-24-28-4/h16,18,21-22,25-27H,5-15,17,19-20H2,1-4H3/b18-16+/t21-,22+/m0/s1. The molecule has 0 unspecified atom stereocenters. The molecule has 0 saturated carbocycles. The van der Waals surface area contributed by atoms with Gasteiger partial charge in [0.15, 0.2) is 0 Å². The third-order valence-corrected chi connectivity index (χ3v) is 6.25. The number of unbranched alkanes of at least 4 members (excludes halogenated alkanes) is 11. The van der Waals surface area contributed by atoms with Crippen LogP contribution < -0.4 is 5.23 Å². The van der Waals surface area contributed by atoms with Gasteiger partial charge in [-0.2, -0.15) is 11.8 Å². The van der Waals surface area contributed by atoms with Crippen molar-refractivity contribution in [2.45, 2.75) is 115 Å². The zero-order valence-corrected chi connectivity index (χ0v) is 20.3. The Kier molecular flexibility index (Phi) is 19.9. The Hall–Kier alpha value is -0.00506. The third kappa shape index (κ3) is 21.0. The molecule has 29 heavy (non-hydrogen) atoms. The summed E-state index contributed by atoms with van der Waals surface area (Å²) in [4.78, 5) is 0. The average molecular weight is 429 g/mol. The molecule has 0 aromatic heterocycles. The molecule has 0 saturated heterocycles. The number of hydrogen-bond acceptors (Lipinski definition) is 5. The molecule has 3 N–H and O–H groups in total. The molecule has 0 aliphatic heterocycles. The van der Waals surface area contributed by atoms with Crippen molar-refractivity contribution in [3.8, 4) is 0 Å². The predicted octanol–water partition coefficient (Wildman–Crippen LogP) is 5.25. The van der Waals surface area contributed by atoms with E-state index in [1.165, 1.54) is 84.7 Å². The molecule has 0 aromatic carbocycles. The van der Waals surface area contributed by atoms with Crippen LogP contribution in [-0.4, -0.2) is 54.2 Å². The number of allylic oxidation sites excluding steroid dienone is 1. The summed E-state index contributed by atoms with van der Waals surface area (Å²) >= 11 is 2.09. The van der Waals surface area contributed by atoms with Gasteiger partial charge in [-0.3, -0.25) is 0 Å². The number of rotatable bonds is 20. The Morgan fingerprint density at radius 3 is 1.93 bits per heavy atom. The smallest absolute Gasteiger partial charge is 0.395 e. The quantitative estimate of drug-likeness (QED) is 0.141. The first kappa shape index (κ1) is 29.0. The zero-order valence-electron chi connectivity index (χ0n) is 19.5.